The van der Waals surface area contributed by atoms with Crippen molar-refractivity contribution in [2.75, 3.05) is 11.9 Å². The maximum Gasteiger partial charge on any atom is 0.419 e. The molecule has 8 heteroatoms. The van der Waals surface area contributed by atoms with Crippen LogP contribution in [0.4, 0.5) is 23.2 Å². The topological polar surface area (TPSA) is 51.5 Å². The summed E-state index contributed by atoms with van der Waals surface area (Å²) >= 11 is 0. The van der Waals surface area contributed by atoms with Crippen molar-refractivity contribution in [1.29, 1.82) is 0 Å². The fraction of sp³-hybridized carbons (Fsp3) is 0.148. The molecule has 4 rings (SSSR count). The van der Waals surface area contributed by atoms with Gasteiger partial charge in [-0.05, 0) is 49.2 Å². The molecule has 0 fully saturated rings. The molecule has 35 heavy (non-hydrogen) atoms. The Labute approximate surface area is 198 Å². The molecular formula is C27H21F4NO3. The zero-order chi connectivity index (χ0) is 25.2. The quantitative estimate of drug-likeness (QED) is 0.226. The number of rotatable bonds is 6. The Morgan fingerprint density at radius 2 is 1.83 bits per heavy atom. The standard InChI is InChI=1S/C27H21F4NO3/c1-3-34-24-14-25-20(21(15-35-25)17-7-5-4-6-8-17)13-19(24)16(2)11-26(33)32-18-9-10-23(28)22(12-18)27(29,30)31/h4-15H,3H2,1-2H3,(H,32,33)/b16-11+. The van der Waals surface area contributed by atoms with Gasteiger partial charge in [0.25, 0.3) is 0 Å². The average Bonchev–Trinajstić information content (AvgIpc) is 3.22. The van der Waals surface area contributed by atoms with Crippen LogP contribution in [0.25, 0.3) is 27.7 Å². The number of alkyl halides is 3. The van der Waals surface area contributed by atoms with Gasteiger partial charge in [0.1, 0.15) is 17.1 Å². The van der Waals surface area contributed by atoms with Gasteiger partial charge < -0.3 is 14.5 Å². The minimum absolute atomic E-state index is 0.172. The van der Waals surface area contributed by atoms with Gasteiger partial charge in [-0.2, -0.15) is 13.2 Å². The lowest BCUT2D eigenvalue weighted by Crippen LogP contribution is -2.12. The molecule has 0 saturated carbocycles. The highest BCUT2D eigenvalue weighted by Gasteiger charge is 2.34. The Balaban J connectivity index is 1.69. The smallest absolute Gasteiger partial charge is 0.419 e. The second kappa shape index (κ2) is 9.66. The Kier molecular flexibility index (Phi) is 6.64. The van der Waals surface area contributed by atoms with Gasteiger partial charge in [0, 0.05) is 34.3 Å². The van der Waals surface area contributed by atoms with Gasteiger partial charge in [-0.15, -0.1) is 0 Å². The van der Waals surface area contributed by atoms with Crippen molar-refractivity contribution in [1.82, 2.24) is 0 Å². The van der Waals surface area contributed by atoms with Crippen molar-refractivity contribution in [2.45, 2.75) is 20.0 Å². The summed E-state index contributed by atoms with van der Waals surface area (Å²) < 4.78 is 64.0. The van der Waals surface area contributed by atoms with Crippen molar-refractivity contribution in [2.24, 2.45) is 0 Å². The molecule has 0 bridgehead atoms. The van der Waals surface area contributed by atoms with Crippen LogP contribution >= 0.6 is 0 Å². The van der Waals surface area contributed by atoms with Crippen molar-refractivity contribution in [3.05, 3.63) is 89.9 Å². The molecule has 0 aliphatic heterocycles. The summed E-state index contributed by atoms with van der Waals surface area (Å²) in [5.74, 6) is -1.58. The highest BCUT2D eigenvalue weighted by Crippen LogP contribution is 2.38. The van der Waals surface area contributed by atoms with Crippen molar-refractivity contribution in [3.63, 3.8) is 0 Å². The molecule has 0 radical (unpaired) electrons. The number of allylic oxidation sites excluding steroid dienone is 1. The SMILES string of the molecule is CCOc1cc2occ(-c3ccccc3)c2cc1/C(C)=C/C(=O)Nc1ccc(F)c(C(F)(F)F)c1. The average molecular weight is 483 g/mol. The molecule has 3 aromatic carbocycles. The molecule has 180 valence electrons. The van der Waals surface area contributed by atoms with Crippen molar-refractivity contribution < 1.29 is 31.5 Å². The maximum absolute atomic E-state index is 13.5. The maximum atomic E-state index is 13.5. The second-order valence-corrected chi connectivity index (χ2v) is 7.80. The van der Waals surface area contributed by atoms with Gasteiger partial charge in [-0.3, -0.25) is 4.79 Å². The highest BCUT2D eigenvalue weighted by molar-refractivity contribution is 6.05. The summed E-state index contributed by atoms with van der Waals surface area (Å²) in [5.41, 5.74) is 1.96. The molecule has 1 amide bonds. The van der Waals surface area contributed by atoms with Crippen LogP contribution in [0, 0.1) is 5.82 Å². The minimum atomic E-state index is -4.88. The van der Waals surface area contributed by atoms with E-state index in [2.05, 4.69) is 5.32 Å². The van der Waals surface area contributed by atoms with E-state index in [4.69, 9.17) is 9.15 Å². The number of amides is 1. The number of hydrogen-bond donors (Lipinski definition) is 1. The van der Waals surface area contributed by atoms with Crippen LogP contribution in [0.1, 0.15) is 25.0 Å². The summed E-state index contributed by atoms with van der Waals surface area (Å²) in [4.78, 5) is 12.6. The summed E-state index contributed by atoms with van der Waals surface area (Å²) in [6.07, 6.45) is -1.97. The zero-order valence-electron chi connectivity index (χ0n) is 18.9. The fourth-order valence-corrected chi connectivity index (χ4v) is 3.75. The fourth-order valence-electron chi connectivity index (χ4n) is 3.75. The van der Waals surface area contributed by atoms with Gasteiger partial charge in [0.2, 0.25) is 5.91 Å². The molecule has 0 unspecified atom stereocenters. The minimum Gasteiger partial charge on any atom is -0.493 e. The first-order chi connectivity index (χ1) is 16.7. The second-order valence-electron chi connectivity index (χ2n) is 7.80. The van der Waals surface area contributed by atoms with E-state index in [1.165, 1.54) is 6.08 Å². The van der Waals surface area contributed by atoms with Crippen LogP contribution in [-0.2, 0) is 11.0 Å². The summed E-state index contributed by atoms with van der Waals surface area (Å²) in [6, 6.07) is 15.5. The summed E-state index contributed by atoms with van der Waals surface area (Å²) in [5, 5.41) is 3.18. The largest absolute Gasteiger partial charge is 0.493 e. The number of carbonyl (C=O) groups excluding carboxylic acids is 1. The Hall–Kier alpha value is -4.07. The van der Waals surface area contributed by atoms with Crippen LogP contribution < -0.4 is 10.1 Å². The number of nitrogens with one attached hydrogen (secondary N) is 1. The monoisotopic (exact) mass is 483 g/mol. The highest BCUT2D eigenvalue weighted by atomic mass is 19.4. The van der Waals surface area contributed by atoms with Gasteiger partial charge in [0.05, 0.1) is 18.4 Å². The lowest BCUT2D eigenvalue weighted by atomic mass is 9.99. The first-order valence-corrected chi connectivity index (χ1v) is 10.8. The summed E-state index contributed by atoms with van der Waals surface area (Å²) in [7, 11) is 0. The molecule has 0 aliphatic carbocycles. The predicted octanol–water partition coefficient (Wildman–Crippen LogP) is 7.70. The number of hydrogen-bond acceptors (Lipinski definition) is 3. The van der Waals surface area contributed by atoms with E-state index in [1.807, 2.05) is 43.3 Å². The van der Waals surface area contributed by atoms with Gasteiger partial charge in [-0.1, -0.05) is 30.3 Å². The Bertz CT molecular complexity index is 1410. The zero-order valence-corrected chi connectivity index (χ0v) is 18.9. The van der Waals surface area contributed by atoms with Gasteiger partial charge in [0.15, 0.2) is 0 Å². The van der Waals surface area contributed by atoms with Crippen molar-refractivity contribution >= 4 is 28.1 Å². The number of carbonyl (C=O) groups is 1. The van der Waals surface area contributed by atoms with E-state index in [9.17, 15) is 22.4 Å². The lowest BCUT2D eigenvalue weighted by molar-refractivity contribution is -0.140. The van der Waals surface area contributed by atoms with Crippen LogP contribution in [0.5, 0.6) is 5.75 Å². The molecule has 1 heterocycles. The number of ether oxygens (including phenoxy) is 1. The van der Waals surface area contributed by atoms with E-state index < -0.39 is 23.5 Å². The van der Waals surface area contributed by atoms with Crippen LogP contribution in [0.15, 0.2) is 77.4 Å². The molecular weight excluding hydrogens is 462 g/mol. The van der Waals surface area contributed by atoms with E-state index in [0.717, 1.165) is 22.6 Å². The van der Waals surface area contributed by atoms with Crippen LogP contribution in [0.2, 0.25) is 0 Å². The third kappa shape index (κ3) is 5.21. The molecule has 0 spiro atoms. The number of halogens is 4. The third-order valence-corrected chi connectivity index (χ3v) is 5.37. The number of fused-ring (bicyclic) bond motifs is 1. The normalized spacial score (nSPS) is 12.1. The van der Waals surface area contributed by atoms with Crippen LogP contribution in [-0.4, -0.2) is 12.5 Å². The number of anilines is 1. The first kappa shape index (κ1) is 24.1. The number of furan rings is 1. The molecule has 0 aliphatic rings. The summed E-state index contributed by atoms with van der Waals surface area (Å²) in [6.45, 7) is 3.89. The molecule has 4 aromatic rings. The molecule has 0 saturated heterocycles. The van der Waals surface area contributed by atoms with E-state index in [0.29, 0.717) is 41.2 Å². The first-order valence-electron chi connectivity index (χ1n) is 10.8. The van der Waals surface area contributed by atoms with E-state index in [1.54, 1.807) is 19.3 Å². The Morgan fingerprint density at radius 1 is 1.09 bits per heavy atom. The molecule has 1 N–H and O–H groups in total. The van der Waals surface area contributed by atoms with Gasteiger partial charge >= 0.3 is 6.18 Å². The predicted molar refractivity (Wildman–Crippen MR) is 127 cm³/mol. The lowest BCUT2D eigenvalue weighted by Gasteiger charge is -2.12. The van der Waals surface area contributed by atoms with Crippen LogP contribution in [0.3, 0.4) is 0 Å². The Morgan fingerprint density at radius 3 is 2.51 bits per heavy atom. The number of benzene rings is 3. The molecule has 0 atom stereocenters. The van der Waals surface area contributed by atoms with E-state index >= 15 is 0 Å². The van der Waals surface area contributed by atoms with Gasteiger partial charge in [-0.25, -0.2) is 4.39 Å². The third-order valence-electron chi connectivity index (χ3n) is 5.37. The van der Waals surface area contributed by atoms with Crippen molar-refractivity contribution in [3.8, 4) is 16.9 Å². The van der Waals surface area contributed by atoms with E-state index in [-0.39, 0.29) is 5.69 Å². The molecule has 4 nitrogen and oxygen atoms in total. The molecule has 1 aromatic heterocycles.